The van der Waals surface area contributed by atoms with Gasteiger partial charge in [0.2, 0.25) is 0 Å². The number of allylic oxidation sites excluding steroid dienone is 2. The van der Waals surface area contributed by atoms with Gasteiger partial charge in [-0.2, -0.15) is 0 Å². The zero-order valence-corrected chi connectivity index (χ0v) is 16.6. The fourth-order valence-electron chi connectivity index (χ4n) is 2.91. The fourth-order valence-corrected chi connectivity index (χ4v) is 2.91. The molecule has 0 aromatic heterocycles. The highest BCUT2D eigenvalue weighted by molar-refractivity contribution is 5.94. The Hall–Kier alpha value is -2.48. The minimum Gasteiger partial charge on any atom is -0.300 e. The molecule has 0 heterocycles. The molecular weight excluding hydrogens is 320 g/mol. The highest BCUT2D eigenvalue weighted by Crippen LogP contribution is 2.31. The summed E-state index contributed by atoms with van der Waals surface area (Å²) in [6, 6.07) is 20.2. The molecular formula is C24H30O2. The SMILES string of the molecule is CC(=O)/C=C(\C)c1ccccc1.CC[C@@](C)(CC(C)=O)c1ccccc1. The average molecular weight is 351 g/mol. The molecule has 0 bridgehead atoms. The summed E-state index contributed by atoms with van der Waals surface area (Å²) in [5.74, 6) is 0.356. The molecule has 2 rings (SSSR count). The van der Waals surface area contributed by atoms with E-state index < -0.39 is 0 Å². The highest BCUT2D eigenvalue weighted by Gasteiger charge is 2.25. The zero-order chi connectivity index (χ0) is 19.6. The maximum atomic E-state index is 11.2. The lowest BCUT2D eigenvalue weighted by Gasteiger charge is -2.27. The first-order chi connectivity index (χ1) is 12.3. The molecule has 138 valence electrons. The van der Waals surface area contributed by atoms with Gasteiger partial charge in [-0.05, 0) is 55.4 Å². The molecule has 0 aliphatic carbocycles. The van der Waals surface area contributed by atoms with Crippen molar-refractivity contribution in [2.45, 2.75) is 52.9 Å². The van der Waals surface area contributed by atoms with Gasteiger partial charge in [-0.1, -0.05) is 74.5 Å². The van der Waals surface area contributed by atoms with Crippen molar-refractivity contribution in [3.63, 3.8) is 0 Å². The van der Waals surface area contributed by atoms with Crippen LogP contribution in [0.25, 0.3) is 5.57 Å². The predicted octanol–water partition coefficient (Wildman–Crippen LogP) is 6.01. The van der Waals surface area contributed by atoms with Crippen LogP contribution in [0.15, 0.2) is 66.7 Å². The second-order valence-electron chi connectivity index (χ2n) is 6.96. The molecule has 26 heavy (non-hydrogen) atoms. The Morgan fingerprint density at radius 1 is 0.885 bits per heavy atom. The number of carbonyl (C=O) groups excluding carboxylic acids is 2. The van der Waals surface area contributed by atoms with Crippen LogP contribution in [-0.2, 0) is 15.0 Å². The first-order valence-corrected chi connectivity index (χ1v) is 9.07. The minimum atomic E-state index is 0.00704. The number of hydrogen-bond acceptors (Lipinski definition) is 2. The standard InChI is InChI=1S/C13H18O.C11H12O/c1-4-13(3,10-11(2)14)12-8-6-5-7-9-12;1-9(8-10(2)12)11-6-4-3-5-7-11/h5-9H,4,10H2,1-3H3;3-8H,1-2H3/b;9-8+/t13-;/m0./s1. The van der Waals surface area contributed by atoms with Crippen molar-refractivity contribution < 1.29 is 9.59 Å². The second-order valence-corrected chi connectivity index (χ2v) is 6.96. The average Bonchev–Trinajstić information content (AvgIpc) is 2.62. The summed E-state index contributed by atoms with van der Waals surface area (Å²) in [5.41, 5.74) is 3.39. The molecule has 2 nitrogen and oxygen atoms in total. The Balaban J connectivity index is 0.000000263. The molecule has 0 saturated carbocycles. The molecule has 0 aliphatic rings. The number of carbonyl (C=O) groups is 2. The largest absolute Gasteiger partial charge is 0.300 e. The topological polar surface area (TPSA) is 34.1 Å². The maximum absolute atomic E-state index is 11.2. The summed E-state index contributed by atoms with van der Waals surface area (Å²) >= 11 is 0. The van der Waals surface area contributed by atoms with Gasteiger partial charge in [0.05, 0.1) is 0 Å². The van der Waals surface area contributed by atoms with Crippen molar-refractivity contribution >= 4 is 17.1 Å². The van der Waals surface area contributed by atoms with Gasteiger partial charge in [-0.3, -0.25) is 9.59 Å². The molecule has 1 atom stereocenters. The Morgan fingerprint density at radius 2 is 1.38 bits per heavy atom. The van der Waals surface area contributed by atoms with E-state index in [1.54, 1.807) is 19.9 Å². The Kier molecular flexibility index (Phi) is 8.71. The summed E-state index contributed by atoms with van der Waals surface area (Å²) < 4.78 is 0. The lowest BCUT2D eigenvalue weighted by Crippen LogP contribution is -2.23. The Labute approximate surface area is 158 Å². The number of benzene rings is 2. The zero-order valence-electron chi connectivity index (χ0n) is 16.6. The van der Waals surface area contributed by atoms with Gasteiger partial charge >= 0.3 is 0 Å². The highest BCUT2D eigenvalue weighted by atomic mass is 16.1. The molecule has 0 unspecified atom stereocenters. The van der Waals surface area contributed by atoms with E-state index in [1.807, 2.05) is 55.5 Å². The van der Waals surface area contributed by atoms with Crippen molar-refractivity contribution in [2.75, 3.05) is 0 Å². The Morgan fingerprint density at radius 3 is 1.81 bits per heavy atom. The van der Waals surface area contributed by atoms with Crippen LogP contribution >= 0.6 is 0 Å². The third kappa shape index (κ3) is 7.18. The van der Waals surface area contributed by atoms with Gasteiger partial charge in [0.1, 0.15) is 5.78 Å². The Bertz CT molecular complexity index is 729. The lowest BCUT2D eigenvalue weighted by molar-refractivity contribution is -0.118. The molecule has 0 N–H and O–H groups in total. The summed E-state index contributed by atoms with van der Waals surface area (Å²) in [4.78, 5) is 21.9. The van der Waals surface area contributed by atoms with Crippen molar-refractivity contribution in [1.29, 1.82) is 0 Å². The van der Waals surface area contributed by atoms with E-state index in [0.29, 0.717) is 6.42 Å². The molecule has 0 saturated heterocycles. The van der Waals surface area contributed by atoms with Gasteiger partial charge in [-0.15, -0.1) is 0 Å². The normalized spacial score (nSPS) is 13.2. The van der Waals surface area contributed by atoms with E-state index in [2.05, 4.69) is 26.0 Å². The third-order valence-corrected chi connectivity index (χ3v) is 4.54. The molecule has 0 aliphatic heterocycles. The molecule has 2 aromatic rings. The van der Waals surface area contributed by atoms with E-state index >= 15 is 0 Å². The second kappa shape index (κ2) is 10.5. The van der Waals surface area contributed by atoms with Crippen LogP contribution < -0.4 is 0 Å². The van der Waals surface area contributed by atoms with Crippen LogP contribution in [0.3, 0.4) is 0 Å². The monoisotopic (exact) mass is 350 g/mol. The van der Waals surface area contributed by atoms with Gasteiger partial charge < -0.3 is 0 Å². The van der Waals surface area contributed by atoms with Crippen molar-refractivity contribution in [1.82, 2.24) is 0 Å². The van der Waals surface area contributed by atoms with E-state index in [9.17, 15) is 9.59 Å². The third-order valence-electron chi connectivity index (χ3n) is 4.54. The quantitative estimate of drug-likeness (QED) is 0.598. The van der Waals surface area contributed by atoms with Gasteiger partial charge in [0, 0.05) is 6.42 Å². The molecule has 2 aromatic carbocycles. The molecule has 0 fully saturated rings. The van der Waals surface area contributed by atoms with Crippen LogP contribution in [0.2, 0.25) is 0 Å². The molecule has 0 radical (unpaired) electrons. The van der Waals surface area contributed by atoms with Crippen LogP contribution in [0.5, 0.6) is 0 Å². The number of rotatable bonds is 6. The minimum absolute atomic E-state index is 0.00704. The van der Waals surface area contributed by atoms with E-state index in [0.717, 1.165) is 17.6 Å². The summed E-state index contributed by atoms with van der Waals surface area (Å²) in [6.45, 7) is 9.46. The first-order valence-electron chi connectivity index (χ1n) is 9.07. The predicted molar refractivity (Wildman–Crippen MR) is 110 cm³/mol. The summed E-state index contributed by atoms with van der Waals surface area (Å²) in [7, 11) is 0. The molecule has 0 spiro atoms. The van der Waals surface area contributed by atoms with E-state index in [1.165, 1.54) is 5.56 Å². The number of ketones is 2. The van der Waals surface area contributed by atoms with E-state index in [-0.39, 0.29) is 17.0 Å². The van der Waals surface area contributed by atoms with Gasteiger partial charge in [-0.25, -0.2) is 0 Å². The molecule has 0 amide bonds. The van der Waals surface area contributed by atoms with E-state index in [4.69, 9.17) is 0 Å². The number of hydrogen-bond donors (Lipinski definition) is 0. The van der Waals surface area contributed by atoms with Crippen LogP contribution in [-0.4, -0.2) is 11.6 Å². The lowest BCUT2D eigenvalue weighted by atomic mass is 9.76. The number of Topliss-reactive ketones (excluding diaryl/α,β-unsaturated/α-hetero) is 1. The first kappa shape index (κ1) is 21.6. The van der Waals surface area contributed by atoms with Crippen LogP contribution in [0, 0.1) is 0 Å². The van der Waals surface area contributed by atoms with Crippen LogP contribution in [0.1, 0.15) is 58.6 Å². The maximum Gasteiger partial charge on any atom is 0.152 e. The van der Waals surface area contributed by atoms with Gasteiger partial charge in [0.15, 0.2) is 5.78 Å². The molecule has 2 heteroatoms. The summed E-state index contributed by atoms with van der Waals surface area (Å²) in [6.07, 6.45) is 3.28. The fraction of sp³-hybridized carbons (Fsp3) is 0.333. The van der Waals surface area contributed by atoms with Crippen molar-refractivity contribution in [3.05, 3.63) is 77.9 Å². The smallest absolute Gasteiger partial charge is 0.152 e. The summed E-state index contributed by atoms with van der Waals surface area (Å²) in [5, 5.41) is 0. The van der Waals surface area contributed by atoms with Gasteiger partial charge in [0.25, 0.3) is 0 Å². The van der Waals surface area contributed by atoms with Crippen molar-refractivity contribution in [3.8, 4) is 0 Å². The van der Waals surface area contributed by atoms with Crippen LogP contribution in [0.4, 0.5) is 0 Å². The van der Waals surface area contributed by atoms with Crippen molar-refractivity contribution in [2.24, 2.45) is 0 Å².